The Morgan fingerprint density at radius 3 is 2.69 bits per heavy atom. The zero-order valence-corrected chi connectivity index (χ0v) is 9.47. The number of aryl methyl sites for hydroxylation is 2. The lowest BCUT2D eigenvalue weighted by atomic mass is 10.1. The molecule has 0 atom stereocenters. The van der Waals surface area contributed by atoms with Crippen LogP contribution in [0.15, 0.2) is 36.7 Å². The van der Waals surface area contributed by atoms with Crippen molar-refractivity contribution in [2.75, 3.05) is 0 Å². The molecule has 0 bridgehead atoms. The summed E-state index contributed by atoms with van der Waals surface area (Å²) < 4.78 is 5.58. The molecule has 3 nitrogen and oxygen atoms in total. The summed E-state index contributed by atoms with van der Waals surface area (Å²) in [5.74, 6) is 0.572. The molecule has 16 heavy (non-hydrogen) atoms. The molecule has 0 saturated carbocycles. The van der Waals surface area contributed by atoms with Crippen molar-refractivity contribution in [1.29, 1.82) is 0 Å². The average molecular weight is 214 g/mol. The molecule has 0 aliphatic rings. The van der Waals surface area contributed by atoms with E-state index >= 15 is 0 Å². The van der Waals surface area contributed by atoms with Crippen molar-refractivity contribution in [2.45, 2.75) is 20.5 Å². The van der Waals surface area contributed by atoms with E-state index in [9.17, 15) is 0 Å². The molecule has 1 aromatic heterocycles. The Morgan fingerprint density at radius 2 is 1.94 bits per heavy atom. The minimum absolute atomic E-state index is 0.533. The van der Waals surface area contributed by atoms with Crippen LogP contribution in [0, 0.1) is 13.8 Å². The van der Waals surface area contributed by atoms with Gasteiger partial charge in [0.05, 0.1) is 11.9 Å². The first-order valence-corrected chi connectivity index (χ1v) is 5.21. The summed E-state index contributed by atoms with van der Waals surface area (Å²) in [4.78, 5) is 8.26. The highest BCUT2D eigenvalue weighted by Crippen LogP contribution is 2.11. The number of hydrogen-bond acceptors (Lipinski definition) is 3. The second-order valence-corrected chi connectivity index (χ2v) is 3.71. The fourth-order valence-electron chi connectivity index (χ4n) is 1.43. The van der Waals surface area contributed by atoms with Gasteiger partial charge in [0.2, 0.25) is 5.88 Å². The minimum Gasteiger partial charge on any atom is -0.472 e. The highest BCUT2D eigenvalue weighted by Gasteiger charge is 2.00. The van der Waals surface area contributed by atoms with Gasteiger partial charge in [-0.05, 0) is 25.0 Å². The van der Waals surface area contributed by atoms with Crippen molar-refractivity contribution in [3.63, 3.8) is 0 Å². The zero-order chi connectivity index (χ0) is 11.4. The van der Waals surface area contributed by atoms with Gasteiger partial charge in [0.1, 0.15) is 6.61 Å². The van der Waals surface area contributed by atoms with Gasteiger partial charge in [0.15, 0.2) is 0 Å². The number of hydrogen-bond donors (Lipinski definition) is 0. The molecule has 3 heteroatoms. The van der Waals surface area contributed by atoms with Gasteiger partial charge >= 0.3 is 0 Å². The van der Waals surface area contributed by atoms with Crippen LogP contribution in [0.3, 0.4) is 0 Å². The molecule has 0 fully saturated rings. The van der Waals surface area contributed by atoms with E-state index < -0.39 is 0 Å². The Hall–Kier alpha value is -1.90. The van der Waals surface area contributed by atoms with Gasteiger partial charge in [0, 0.05) is 6.20 Å². The van der Waals surface area contributed by atoms with E-state index in [-0.39, 0.29) is 0 Å². The van der Waals surface area contributed by atoms with Gasteiger partial charge < -0.3 is 4.74 Å². The molecule has 0 saturated heterocycles. The Kier molecular flexibility index (Phi) is 3.15. The Balaban J connectivity index is 2.05. The summed E-state index contributed by atoms with van der Waals surface area (Å²) in [5, 5.41) is 0. The highest BCUT2D eigenvalue weighted by molar-refractivity contribution is 5.25. The maximum Gasteiger partial charge on any atom is 0.232 e. The molecule has 0 aliphatic carbocycles. The summed E-state index contributed by atoms with van der Waals surface area (Å²) in [6, 6.07) is 8.15. The van der Waals surface area contributed by atoms with Crippen molar-refractivity contribution in [3.05, 3.63) is 53.5 Å². The maximum atomic E-state index is 5.58. The van der Waals surface area contributed by atoms with Crippen LogP contribution in [0.1, 0.15) is 16.8 Å². The molecule has 2 rings (SSSR count). The monoisotopic (exact) mass is 214 g/mol. The van der Waals surface area contributed by atoms with Crippen molar-refractivity contribution >= 4 is 0 Å². The van der Waals surface area contributed by atoms with Gasteiger partial charge in [-0.1, -0.05) is 24.3 Å². The zero-order valence-electron chi connectivity index (χ0n) is 9.47. The number of aromatic nitrogens is 2. The normalized spacial score (nSPS) is 10.1. The van der Waals surface area contributed by atoms with E-state index in [1.165, 1.54) is 11.1 Å². The van der Waals surface area contributed by atoms with Gasteiger partial charge in [0.25, 0.3) is 0 Å². The van der Waals surface area contributed by atoms with Crippen LogP contribution in [-0.4, -0.2) is 9.97 Å². The smallest absolute Gasteiger partial charge is 0.232 e. The van der Waals surface area contributed by atoms with Crippen LogP contribution in [0.4, 0.5) is 0 Å². The van der Waals surface area contributed by atoms with Crippen LogP contribution >= 0.6 is 0 Å². The van der Waals surface area contributed by atoms with Crippen molar-refractivity contribution in [1.82, 2.24) is 9.97 Å². The molecular weight excluding hydrogens is 200 g/mol. The molecule has 0 unspecified atom stereocenters. The third kappa shape index (κ3) is 2.57. The Bertz CT molecular complexity index is 483. The Morgan fingerprint density at radius 1 is 1.12 bits per heavy atom. The largest absolute Gasteiger partial charge is 0.472 e. The summed E-state index contributed by atoms with van der Waals surface area (Å²) in [7, 11) is 0. The molecule has 0 radical (unpaired) electrons. The van der Waals surface area contributed by atoms with E-state index in [1.54, 1.807) is 12.4 Å². The molecule has 1 heterocycles. The second kappa shape index (κ2) is 4.75. The van der Waals surface area contributed by atoms with Crippen LogP contribution in [-0.2, 0) is 6.61 Å². The molecule has 2 aromatic rings. The fraction of sp³-hybridized carbons (Fsp3) is 0.231. The van der Waals surface area contributed by atoms with Gasteiger partial charge in [-0.25, -0.2) is 4.98 Å². The average Bonchev–Trinajstić information content (AvgIpc) is 2.28. The van der Waals surface area contributed by atoms with E-state index in [0.29, 0.717) is 12.5 Å². The first kappa shape index (κ1) is 10.6. The number of nitrogens with zero attached hydrogens (tertiary/aromatic N) is 2. The molecule has 0 spiro atoms. The molecule has 0 aliphatic heterocycles. The third-order valence-corrected chi connectivity index (χ3v) is 2.37. The van der Waals surface area contributed by atoms with E-state index in [2.05, 4.69) is 29.0 Å². The topological polar surface area (TPSA) is 35.0 Å². The molecule has 0 N–H and O–H groups in total. The Labute approximate surface area is 95.1 Å². The predicted molar refractivity (Wildman–Crippen MR) is 62.3 cm³/mol. The number of ether oxygens (including phenoxy) is 1. The fourth-order valence-corrected chi connectivity index (χ4v) is 1.43. The molecule has 82 valence electrons. The van der Waals surface area contributed by atoms with E-state index in [1.807, 2.05) is 19.1 Å². The predicted octanol–water partition coefficient (Wildman–Crippen LogP) is 2.67. The quantitative estimate of drug-likeness (QED) is 0.787. The molecular formula is C13H14N2O. The third-order valence-electron chi connectivity index (χ3n) is 2.37. The lowest BCUT2D eigenvalue weighted by molar-refractivity contribution is 0.291. The van der Waals surface area contributed by atoms with Crippen LogP contribution in [0.25, 0.3) is 0 Å². The second-order valence-electron chi connectivity index (χ2n) is 3.71. The number of rotatable bonds is 3. The van der Waals surface area contributed by atoms with E-state index in [0.717, 1.165) is 5.69 Å². The summed E-state index contributed by atoms with van der Waals surface area (Å²) in [5.41, 5.74) is 3.26. The highest BCUT2D eigenvalue weighted by atomic mass is 16.5. The summed E-state index contributed by atoms with van der Waals surface area (Å²) in [6.45, 7) is 4.50. The van der Waals surface area contributed by atoms with Crippen LogP contribution in [0.2, 0.25) is 0 Å². The maximum absolute atomic E-state index is 5.58. The van der Waals surface area contributed by atoms with Crippen molar-refractivity contribution in [2.24, 2.45) is 0 Å². The van der Waals surface area contributed by atoms with Crippen LogP contribution < -0.4 is 4.74 Å². The summed E-state index contributed by atoms with van der Waals surface area (Å²) >= 11 is 0. The van der Waals surface area contributed by atoms with E-state index in [4.69, 9.17) is 4.74 Å². The SMILES string of the molecule is Cc1cncc(OCc2ccccc2C)n1. The van der Waals surface area contributed by atoms with Crippen LogP contribution in [0.5, 0.6) is 5.88 Å². The van der Waals surface area contributed by atoms with Gasteiger partial charge in [-0.3, -0.25) is 4.98 Å². The molecule has 1 aromatic carbocycles. The number of benzene rings is 1. The standard InChI is InChI=1S/C13H14N2O/c1-10-5-3-4-6-12(10)9-16-13-8-14-7-11(2)15-13/h3-8H,9H2,1-2H3. The summed E-state index contributed by atoms with van der Waals surface area (Å²) in [6.07, 6.45) is 3.34. The minimum atomic E-state index is 0.533. The first-order chi connectivity index (χ1) is 7.75. The lowest BCUT2D eigenvalue weighted by Crippen LogP contribution is -2.00. The van der Waals surface area contributed by atoms with Gasteiger partial charge in [-0.2, -0.15) is 0 Å². The van der Waals surface area contributed by atoms with Gasteiger partial charge in [-0.15, -0.1) is 0 Å². The lowest BCUT2D eigenvalue weighted by Gasteiger charge is -2.07. The van der Waals surface area contributed by atoms with Crippen molar-refractivity contribution in [3.8, 4) is 5.88 Å². The first-order valence-electron chi connectivity index (χ1n) is 5.21. The molecule has 0 amide bonds. The van der Waals surface area contributed by atoms with Crippen molar-refractivity contribution < 1.29 is 4.74 Å².